The molecule has 1 fully saturated rings. The van der Waals surface area contributed by atoms with Gasteiger partial charge < -0.3 is 20.7 Å². The molecule has 29 heavy (non-hydrogen) atoms. The molecule has 2 aromatic rings. The van der Waals surface area contributed by atoms with Crippen molar-refractivity contribution in [1.29, 1.82) is 0 Å². The molecule has 0 aliphatic carbocycles. The van der Waals surface area contributed by atoms with Crippen LogP contribution in [-0.4, -0.2) is 49.4 Å². The average Bonchev–Trinajstić information content (AvgIpc) is 2.72. The monoisotopic (exact) mass is 432 g/mol. The lowest BCUT2D eigenvalue weighted by molar-refractivity contribution is 0.0671. The average molecular weight is 433 g/mol. The minimum atomic E-state index is -0.495. The van der Waals surface area contributed by atoms with Gasteiger partial charge in [-0.25, -0.2) is 4.99 Å². The Kier molecular flexibility index (Phi) is 5.80. The zero-order valence-corrected chi connectivity index (χ0v) is 17.5. The van der Waals surface area contributed by atoms with Gasteiger partial charge in [0.2, 0.25) is 18.2 Å². The third-order valence-electron chi connectivity index (χ3n) is 4.75. The second-order valence-electron chi connectivity index (χ2n) is 6.85. The Morgan fingerprint density at radius 1 is 1.07 bits per heavy atom. The van der Waals surface area contributed by atoms with Crippen LogP contribution in [-0.2, 0) is 4.74 Å². The number of aliphatic imine (C=N–C) groups is 2. The van der Waals surface area contributed by atoms with Crippen LogP contribution >= 0.6 is 23.2 Å². The maximum atomic E-state index is 6.19. The van der Waals surface area contributed by atoms with E-state index in [4.69, 9.17) is 33.7 Å². The number of benzene rings is 2. The molecule has 2 heterocycles. The predicted octanol–water partition coefficient (Wildman–Crippen LogP) is 3.52. The van der Waals surface area contributed by atoms with E-state index in [-0.39, 0.29) is 5.96 Å². The van der Waals surface area contributed by atoms with Gasteiger partial charge in [-0.15, -0.1) is 0 Å². The molecular weight excluding hydrogens is 411 g/mol. The van der Waals surface area contributed by atoms with Crippen LogP contribution in [0.4, 0.5) is 11.4 Å². The standard InChI is InChI=1S/C20H22Cl2N6O/c1-13-2-5-15(6-3-13)28-19(24-14-4-7-16(21)17(22)12-14)25-18(23)26-20(28)27-8-10-29-11-9-27/h2-7,12,19,24H,8-11H2,1H3,(H2,23,25). The van der Waals surface area contributed by atoms with Gasteiger partial charge in [-0.3, -0.25) is 4.90 Å². The number of morpholine rings is 1. The van der Waals surface area contributed by atoms with Crippen molar-refractivity contribution < 1.29 is 4.74 Å². The van der Waals surface area contributed by atoms with Gasteiger partial charge in [0, 0.05) is 24.5 Å². The number of nitrogens with two attached hydrogens (primary N) is 1. The fourth-order valence-electron chi connectivity index (χ4n) is 3.26. The summed E-state index contributed by atoms with van der Waals surface area (Å²) in [5.74, 6) is 0.953. The number of hydrogen-bond donors (Lipinski definition) is 2. The Morgan fingerprint density at radius 3 is 2.48 bits per heavy atom. The van der Waals surface area contributed by atoms with Crippen molar-refractivity contribution in [3.8, 4) is 0 Å². The second-order valence-corrected chi connectivity index (χ2v) is 7.67. The maximum Gasteiger partial charge on any atom is 0.222 e. The Bertz CT molecular complexity index is 940. The van der Waals surface area contributed by atoms with E-state index in [1.165, 1.54) is 5.56 Å². The van der Waals surface area contributed by atoms with E-state index in [2.05, 4.69) is 39.3 Å². The van der Waals surface area contributed by atoms with E-state index in [1.807, 2.05) is 23.1 Å². The summed E-state index contributed by atoms with van der Waals surface area (Å²) in [5.41, 5.74) is 8.99. The summed E-state index contributed by atoms with van der Waals surface area (Å²) in [5, 5.41) is 4.35. The minimum absolute atomic E-state index is 0.215. The lowest BCUT2D eigenvalue weighted by atomic mass is 10.2. The lowest BCUT2D eigenvalue weighted by Crippen LogP contribution is -2.57. The second kappa shape index (κ2) is 8.49. The summed E-state index contributed by atoms with van der Waals surface area (Å²) >= 11 is 12.2. The molecule has 2 aliphatic heterocycles. The number of hydrogen-bond acceptors (Lipinski definition) is 7. The van der Waals surface area contributed by atoms with Crippen LogP contribution < -0.4 is 16.0 Å². The fourth-order valence-corrected chi connectivity index (χ4v) is 3.56. The van der Waals surface area contributed by atoms with E-state index in [9.17, 15) is 0 Å². The number of aryl methyl sites for hydroxylation is 1. The van der Waals surface area contributed by atoms with E-state index in [0.29, 0.717) is 23.3 Å². The molecule has 1 unspecified atom stereocenters. The molecule has 2 aliphatic rings. The molecule has 152 valence electrons. The highest BCUT2D eigenvalue weighted by molar-refractivity contribution is 6.42. The summed E-state index contributed by atoms with van der Waals surface area (Å²) < 4.78 is 5.50. The normalized spacial score (nSPS) is 19.6. The van der Waals surface area contributed by atoms with Gasteiger partial charge in [0.1, 0.15) is 0 Å². The van der Waals surface area contributed by atoms with E-state index >= 15 is 0 Å². The van der Waals surface area contributed by atoms with Crippen LogP contribution in [0.1, 0.15) is 5.56 Å². The maximum absolute atomic E-state index is 6.19. The number of nitrogens with one attached hydrogen (secondary N) is 1. The minimum Gasteiger partial charge on any atom is -0.378 e. The first-order valence-electron chi connectivity index (χ1n) is 9.33. The predicted molar refractivity (Wildman–Crippen MR) is 119 cm³/mol. The smallest absolute Gasteiger partial charge is 0.222 e. The van der Waals surface area contributed by atoms with Crippen molar-refractivity contribution in [2.24, 2.45) is 15.7 Å². The molecule has 7 nitrogen and oxygen atoms in total. The van der Waals surface area contributed by atoms with Gasteiger partial charge in [0.25, 0.3) is 0 Å². The number of guanidine groups is 2. The SMILES string of the molecule is Cc1ccc(N2C(N3CCOCC3)=NC(N)=NC2Nc2ccc(Cl)c(Cl)c2)cc1. The topological polar surface area (TPSA) is 78.5 Å². The quantitative estimate of drug-likeness (QED) is 0.775. The highest BCUT2D eigenvalue weighted by Crippen LogP contribution is 2.28. The van der Waals surface area contributed by atoms with Crippen LogP contribution in [0.5, 0.6) is 0 Å². The third-order valence-corrected chi connectivity index (χ3v) is 5.49. The van der Waals surface area contributed by atoms with E-state index in [0.717, 1.165) is 30.4 Å². The third kappa shape index (κ3) is 4.42. The molecule has 0 amide bonds. The zero-order chi connectivity index (χ0) is 20.4. The number of rotatable bonds is 3. The molecule has 0 aromatic heterocycles. The number of nitrogens with zero attached hydrogens (tertiary/aromatic N) is 4. The summed E-state index contributed by atoms with van der Waals surface area (Å²) in [4.78, 5) is 13.3. The molecule has 2 aromatic carbocycles. The number of ether oxygens (including phenoxy) is 1. The summed E-state index contributed by atoms with van der Waals surface area (Å²) in [6.45, 7) is 4.80. The molecule has 3 N–H and O–H groups in total. The van der Waals surface area contributed by atoms with Gasteiger partial charge >= 0.3 is 0 Å². The largest absolute Gasteiger partial charge is 0.378 e. The molecule has 0 spiro atoms. The summed E-state index contributed by atoms with van der Waals surface area (Å²) in [6.07, 6.45) is -0.495. The van der Waals surface area contributed by atoms with Crippen LogP contribution in [0.3, 0.4) is 0 Å². The van der Waals surface area contributed by atoms with E-state index in [1.54, 1.807) is 12.1 Å². The van der Waals surface area contributed by atoms with Crippen LogP contribution in [0.2, 0.25) is 10.0 Å². The fraction of sp³-hybridized carbons (Fsp3) is 0.300. The molecule has 1 atom stereocenters. The summed E-state index contributed by atoms with van der Waals surface area (Å²) in [6, 6.07) is 13.6. The van der Waals surface area contributed by atoms with Crippen molar-refractivity contribution >= 4 is 46.5 Å². The van der Waals surface area contributed by atoms with Gasteiger partial charge in [-0.05, 0) is 37.3 Å². The molecule has 1 saturated heterocycles. The first-order valence-corrected chi connectivity index (χ1v) is 10.1. The van der Waals surface area contributed by atoms with Crippen molar-refractivity contribution in [2.75, 3.05) is 36.5 Å². The van der Waals surface area contributed by atoms with Gasteiger partial charge in [-0.1, -0.05) is 40.9 Å². The number of anilines is 2. The van der Waals surface area contributed by atoms with Crippen molar-refractivity contribution in [2.45, 2.75) is 13.2 Å². The lowest BCUT2D eigenvalue weighted by Gasteiger charge is -2.41. The summed E-state index contributed by atoms with van der Waals surface area (Å²) in [7, 11) is 0. The van der Waals surface area contributed by atoms with Crippen LogP contribution in [0.25, 0.3) is 0 Å². The van der Waals surface area contributed by atoms with Crippen molar-refractivity contribution in [1.82, 2.24) is 4.90 Å². The molecular formula is C20H22Cl2N6O. The molecule has 4 rings (SSSR count). The Labute approximate surface area is 179 Å². The molecule has 9 heteroatoms. The number of halogens is 2. The molecule has 0 radical (unpaired) electrons. The van der Waals surface area contributed by atoms with Gasteiger partial charge in [0.05, 0.1) is 23.3 Å². The Morgan fingerprint density at radius 2 is 1.79 bits per heavy atom. The highest BCUT2D eigenvalue weighted by atomic mass is 35.5. The van der Waals surface area contributed by atoms with Crippen molar-refractivity contribution in [3.05, 3.63) is 58.1 Å². The van der Waals surface area contributed by atoms with Crippen LogP contribution in [0.15, 0.2) is 52.4 Å². The van der Waals surface area contributed by atoms with E-state index < -0.39 is 6.29 Å². The zero-order valence-electron chi connectivity index (χ0n) is 16.0. The first kappa shape index (κ1) is 19.8. The first-order chi connectivity index (χ1) is 14.0. The van der Waals surface area contributed by atoms with Crippen molar-refractivity contribution in [3.63, 3.8) is 0 Å². The Balaban J connectivity index is 1.71. The molecule has 0 bridgehead atoms. The Hall–Kier alpha value is -2.48. The van der Waals surface area contributed by atoms with Gasteiger partial charge in [0.15, 0.2) is 0 Å². The van der Waals surface area contributed by atoms with Gasteiger partial charge in [-0.2, -0.15) is 4.99 Å². The molecule has 0 saturated carbocycles. The van der Waals surface area contributed by atoms with Crippen LogP contribution in [0, 0.1) is 6.92 Å². The highest BCUT2D eigenvalue weighted by Gasteiger charge is 2.32.